The van der Waals surface area contributed by atoms with Gasteiger partial charge in [-0.1, -0.05) is 69.7 Å². The van der Waals surface area contributed by atoms with Crippen molar-refractivity contribution in [2.75, 3.05) is 11.9 Å². The summed E-state index contributed by atoms with van der Waals surface area (Å²) < 4.78 is 0. The third-order valence-corrected chi connectivity index (χ3v) is 7.81. The summed E-state index contributed by atoms with van der Waals surface area (Å²) in [6.45, 7) is 11.9. The van der Waals surface area contributed by atoms with E-state index < -0.39 is 5.97 Å². The maximum Gasteiger partial charge on any atom is 0.339 e. The fraction of sp³-hybridized carbons (Fsp3) is 0.333. The van der Waals surface area contributed by atoms with Gasteiger partial charge in [0.05, 0.1) is 0 Å². The summed E-state index contributed by atoms with van der Waals surface area (Å²) >= 11 is 0. The number of hydrogen-bond donors (Lipinski definition) is 2. The fourth-order valence-corrected chi connectivity index (χ4v) is 5.35. The average molecular weight is 512 g/mol. The van der Waals surface area contributed by atoms with Gasteiger partial charge in [0.25, 0.3) is 0 Å². The van der Waals surface area contributed by atoms with Crippen molar-refractivity contribution < 1.29 is 19.8 Å². The molecule has 0 heterocycles. The second kappa shape index (κ2) is 10.1. The standard InChI is InChI=1S/C33H37NO4/c1-21-7-9-23(10-8-21)20-34(6)27-19-24(18-26-30(27)33(4,5)16-15-32(26,2)3)28(35)14-12-22-11-13-25(31(37)38)29(36)17-22/h7-14,17-19,36H,15-16,20H2,1-6H3,(H,37,38)/b14-12+. The highest BCUT2D eigenvalue weighted by atomic mass is 16.4. The molecule has 3 aromatic carbocycles. The quantitative estimate of drug-likeness (QED) is 0.257. The lowest BCUT2D eigenvalue weighted by atomic mass is 9.62. The summed E-state index contributed by atoms with van der Waals surface area (Å²) in [7, 11) is 2.09. The number of nitrogens with zero attached hydrogens (tertiary/aromatic N) is 1. The minimum atomic E-state index is -1.20. The number of hydrogen-bond acceptors (Lipinski definition) is 4. The minimum Gasteiger partial charge on any atom is -0.507 e. The lowest BCUT2D eigenvalue weighted by Crippen LogP contribution is -2.36. The first-order chi connectivity index (χ1) is 17.8. The van der Waals surface area contributed by atoms with Crippen molar-refractivity contribution in [2.45, 2.75) is 64.8 Å². The molecule has 0 spiro atoms. The van der Waals surface area contributed by atoms with E-state index in [2.05, 4.69) is 76.9 Å². The van der Waals surface area contributed by atoms with E-state index in [0.717, 1.165) is 25.1 Å². The Morgan fingerprint density at radius 3 is 2.24 bits per heavy atom. The van der Waals surface area contributed by atoms with Crippen LogP contribution in [0.15, 0.2) is 60.7 Å². The molecule has 5 nitrogen and oxygen atoms in total. The number of carbonyl (C=O) groups is 2. The molecule has 0 unspecified atom stereocenters. The monoisotopic (exact) mass is 511 g/mol. The van der Waals surface area contributed by atoms with Gasteiger partial charge in [0.2, 0.25) is 0 Å². The van der Waals surface area contributed by atoms with Crippen LogP contribution in [0.25, 0.3) is 6.08 Å². The van der Waals surface area contributed by atoms with Gasteiger partial charge in [0.1, 0.15) is 11.3 Å². The zero-order chi connectivity index (χ0) is 27.8. The molecule has 0 amide bonds. The van der Waals surface area contributed by atoms with Gasteiger partial charge >= 0.3 is 5.97 Å². The number of carboxylic acid groups (broad SMARTS) is 1. The van der Waals surface area contributed by atoms with Crippen LogP contribution >= 0.6 is 0 Å². The maximum absolute atomic E-state index is 13.4. The average Bonchev–Trinajstić information content (AvgIpc) is 2.86. The van der Waals surface area contributed by atoms with Crippen molar-refractivity contribution in [1.29, 1.82) is 0 Å². The van der Waals surface area contributed by atoms with Crippen molar-refractivity contribution >= 4 is 23.5 Å². The molecule has 0 radical (unpaired) electrons. The van der Waals surface area contributed by atoms with E-state index in [0.29, 0.717) is 11.1 Å². The molecule has 2 N–H and O–H groups in total. The number of carbonyl (C=O) groups excluding carboxylic acids is 1. The highest BCUT2D eigenvalue weighted by Crippen LogP contribution is 2.50. The topological polar surface area (TPSA) is 77.8 Å². The highest BCUT2D eigenvalue weighted by molar-refractivity contribution is 6.08. The SMILES string of the molecule is Cc1ccc(CN(C)c2cc(C(=O)/C=C/c3ccc(C(=O)O)c(O)c3)cc3c2C(C)(C)CCC3(C)C)cc1. The molecule has 0 bridgehead atoms. The lowest BCUT2D eigenvalue weighted by molar-refractivity contribution is 0.0693. The number of fused-ring (bicyclic) bond motifs is 1. The Labute approximate surface area is 225 Å². The molecule has 198 valence electrons. The molecule has 1 aliphatic carbocycles. The van der Waals surface area contributed by atoms with Crippen LogP contribution in [0, 0.1) is 6.92 Å². The van der Waals surface area contributed by atoms with Crippen LogP contribution in [0.3, 0.4) is 0 Å². The van der Waals surface area contributed by atoms with Crippen molar-refractivity contribution in [3.05, 3.63) is 99.6 Å². The van der Waals surface area contributed by atoms with Gasteiger partial charge in [0.15, 0.2) is 5.78 Å². The summed E-state index contributed by atoms with van der Waals surface area (Å²) in [5, 5.41) is 19.2. The second-order valence-electron chi connectivity index (χ2n) is 11.8. The van der Waals surface area contributed by atoms with E-state index in [4.69, 9.17) is 5.11 Å². The lowest BCUT2D eigenvalue weighted by Gasteiger charge is -2.44. The predicted molar refractivity (Wildman–Crippen MR) is 153 cm³/mol. The number of ketones is 1. The Morgan fingerprint density at radius 1 is 0.947 bits per heavy atom. The van der Waals surface area contributed by atoms with Crippen LogP contribution in [0.2, 0.25) is 0 Å². The number of rotatable bonds is 7. The van der Waals surface area contributed by atoms with Gasteiger partial charge in [0, 0.05) is 24.8 Å². The number of allylic oxidation sites excluding steroid dienone is 1. The van der Waals surface area contributed by atoms with Crippen molar-refractivity contribution in [1.82, 2.24) is 0 Å². The zero-order valence-corrected chi connectivity index (χ0v) is 23.1. The Balaban J connectivity index is 1.75. The molecule has 0 fully saturated rings. The first-order valence-electron chi connectivity index (χ1n) is 13.0. The molecule has 0 atom stereocenters. The molecular formula is C33H37NO4. The summed E-state index contributed by atoms with van der Waals surface area (Å²) in [6.07, 6.45) is 5.21. The largest absolute Gasteiger partial charge is 0.507 e. The molecule has 38 heavy (non-hydrogen) atoms. The Bertz CT molecular complexity index is 1410. The number of aromatic hydroxyl groups is 1. The maximum atomic E-state index is 13.4. The normalized spacial score (nSPS) is 15.7. The van der Waals surface area contributed by atoms with Crippen LogP contribution in [0.1, 0.15) is 89.1 Å². The molecule has 5 heteroatoms. The number of carboxylic acids is 1. The zero-order valence-electron chi connectivity index (χ0n) is 23.1. The first-order valence-corrected chi connectivity index (χ1v) is 13.0. The van der Waals surface area contributed by atoms with Crippen LogP contribution < -0.4 is 4.90 Å². The van der Waals surface area contributed by atoms with Crippen molar-refractivity contribution in [3.63, 3.8) is 0 Å². The van der Waals surface area contributed by atoms with E-state index in [9.17, 15) is 14.7 Å². The van der Waals surface area contributed by atoms with Gasteiger partial charge < -0.3 is 15.1 Å². The van der Waals surface area contributed by atoms with Crippen LogP contribution in [-0.4, -0.2) is 29.0 Å². The fourth-order valence-electron chi connectivity index (χ4n) is 5.35. The van der Waals surface area contributed by atoms with Crippen molar-refractivity contribution in [3.8, 4) is 5.75 Å². The summed E-state index contributed by atoms with van der Waals surface area (Å²) in [6, 6.07) is 16.9. The molecular weight excluding hydrogens is 474 g/mol. The van der Waals surface area contributed by atoms with Gasteiger partial charge in [-0.05, 0) is 83.2 Å². The molecule has 1 aliphatic rings. The van der Waals surface area contributed by atoms with E-state index in [1.54, 1.807) is 12.1 Å². The number of aryl methyl sites for hydroxylation is 1. The number of aromatic carboxylic acids is 1. The van der Waals surface area contributed by atoms with Gasteiger partial charge in [-0.15, -0.1) is 0 Å². The summed E-state index contributed by atoms with van der Waals surface area (Å²) in [4.78, 5) is 26.9. The molecule has 0 aromatic heterocycles. The van der Waals surface area contributed by atoms with E-state index in [1.807, 2.05) is 6.07 Å². The second-order valence-corrected chi connectivity index (χ2v) is 11.8. The van der Waals surface area contributed by atoms with E-state index >= 15 is 0 Å². The number of phenols is 1. The van der Waals surface area contributed by atoms with E-state index in [1.165, 1.54) is 40.5 Å². The molecule has 4 rings (SSSR count). The first kappa shape index (κ1) is 27.2. The van der Waals surface area contributed by atoms with Gasteiger partial charge in [-0.25, -0.2) is 4.79 Å². The van der Waals surface area contributed by atoms with Gasteiger partial charge in [-0.3, -0.25) is 4.79 Å². The Hall–Kier alpha value is -3.86. The third-order valence-electron chi connectivity index (χ3n) is 7.81. The minimum absolute atomic E-state index is 0.0252. The number of anilines is 1. The third kappa shape index (κ3) is 5.52. The Morgan fingerprint density at radius 2 is 1.61 bits per heavy atom. The smallest absolute Gasteiger partial charge is 0.339 e. The summed E-state index contributed by atoms with van der Waals surface area (Å²) in [5.41, 5.74) is 6.92. The van der Waals surface area contributed by atoms with Crippen LogP contribution in [-0.2, 0) is 17.4 Å². The predicted octanol–water partition coefficient (Wildman–Crippen LogP) is 7.28. The van der Waals surface area contributed by atoms with Crippen LogP contribution in [0.4, 0.5) is 5.69 Å². The molecule has 3 aromatic rings. The molecule has 0 aliphatic heterocycles. The molecule has 0 saturated heterocycles. The van der Waals surface area contributed by atoms with Crippen LogP contribution in [0.5, 0.6) is 5.75 Å². The molecule has 0 saturated carbocycles. The highest BCUT2D eigenvalue weighted by Gasteiger charge is 2.40. The number of benzene rings is 3. The Kier molecular flexibility index (Phi) is 7.24. The van der Waals surface area contributed by atoms with Crippen molar-refractivity contribution in [2.24, 2.45) is 0 Å². The summed E-state index contributed by atoms with van der Waals surface area (Å²) in [5.74, 6) is -1.67. The van der Waals surface area contributed by atoms with E-state index in [-0.39, 0.29) is 27.9 Å². The van der Waals surface area contributed by atoms with Gasteiger partial charge in [-0.2, -0.15) is 0 Å².